The molecule has 1 aliphatic rings. The van der Waals surface area contributed by atoms with Crippen molar-refractivity contribution in [2.45, 2.75) is 12.3 Å². The van der Waals surface area contributed by atoms with Crippen molar-refractivity contribution in [2.75, 3.05) is 20.2 Å². The molecule has 1 unspecified atom stereocenters. The molecule has 1 aliphatic heterocycles. The molecule has 0 aromatic carbocycles. The van der Waals surface area contributed by atoms with E-state index in [1.807, 2.05) is 16.8 Å². The fourth-order valence-corrected chi connectivity index (χ4v) is 2.35. The second kappa shape index (κ2) is 4.42. The normalized spacial score (nSPS) is 19.3. The maximum absolute atomic E-state index is 11.5. The first-order chi connectivity index (χ1) is 8.78. The number of esters is 1. The zero-order valence-electron chi connectivity index (χ0n) is 10.2. The predicted octanol–water partition coefficient (Wildman–Crippen LogP) is 1.20. The Bertz CT molecular complexity index is 585. The Balaban J connectivity index is 1.98. The second-order valence-corrected chi connectivity index (χ2v) is 4.53. The van der Waals surface area contributed by atoms with Crippen LogP contribution in [0.5, 0.6) is 0 Å². The van der Waals surface area contributed by atoms with Crippen molar-refractivity contribution in [1.82, 2.24) is 14.7 Å². The molecule has 1 N–H and O–H groups in total. The summed E-state index contributed by atoms with van der Waals surface area (Å²) in [7, 11) is 1.38. The van der Waals surface area contributed by atoms with Gasteiger partial charge in [0.15, 0.2) is 0 Å². The van der Waals surface area contributed by atoms with Crippen molar-refractivity contribution in [2.24, 2.45) is 0 Å². The highest BCUT2D eigenvalue weighted by Gasteiger charge is 2.19. The van der Waals surface area contributed by atoms with Crippen molar-refractivity contribution in [1.29, 1.82) is 0 Å². The minimum atomic E-state index is -0.329. The molecule has 1 saturated heterocycles. The Hall–Kier alpha value is -1.88. The number of hydrogen-bond donors (Lipinski definition) is 1. The van der Waals surface area contributed by atoms with Crippen LogP contribution >= 0.6 is 0 Å². The molecule has 18 heavy (non-hydrogen) atoms. The Labute approximate surface area is 105 Å². The Kier molecular flexibility index (Phi) is 2.76. The fraction of sp³-hybridized carbons (Fsp3) is 0.385. The number of rotatable bonds is 2. The second-order valence-electron chi connectivity index (χ2n) is 4.53. The minimum Gasteiger partial charge on any atom is -0.465 e. The SMILES string of the molecule is COC(=O)c1ccn2cc(C3CCNC3)nc2c1. The number of nitrogens with zero attached hydrogens (tertiary/aromatic N) is 2. The standard InChI is InChI=1S/C13H15N3O2/c1-18-13(17)9-3-5-16-8-11(15-12(16)6-9)10-2-4-14-7-10/h3,5-6,8,10,14H,2,4,7H2,1H3. The van der Waals surface area contributed by atoms with Gasteiger partial charge in [-0.05, 0) is 25.1 Å². The van der Waals surface area contributed by atoms with Crippen LogP contribution in [0.1, 0.15) is 28.4 Å². The summed E-state index contributed by atoms with van der Waals surface area (Å²) < 4.78 is 6.65. The Morgan fingerprint density at radius 2 is 2.50 bits per heavy atom. The van der Waals surface area contributed by atoms with E-state index in [1.165, 1.54) is 7.11 Å². The lowest BCUT2D eigenvalue weighted by Crippen LogP contribution is -2.07. The van der Waals surface area contributed by atoms with Crippen LogP contribution in [0.15, 0.2) is 24.5 Å². The van der Waals surface area contributed by atoms with Crippen LogP contribution in [-0.4, -0.2) is 35.6 Å². The van der Waals surface area contributed by atoms with Gasteiger partial charge in [0.25, 0.3) is 0 Å². The lowest BCUT2D eigenvalue weighted by molar-refractivity contribution is 0.0600. The molecule has 2 aromatic rings. The summed E-state index contributed by atoms with van der Waals surface area (Å²) in [6, 6.07) is 3.51. The molecule has 0 saturated carbocycles. The highest BCUT2D eigenvalue weighted by Crippen LogP contribution is 2.22. The molecule has 94 valence electrons. The van der Waals surface area contributed by atoms with Gasteiger partial charge in [0.2, 0.25) is 0 Å². The van der Waals surface area contributed by atoms with Gasteiger partial charge in [-0.2, -0.15) is 0 Å². The maximum atomic E-state index is 11.5. The molecule has 2 aromatic heterocycles. The average Bonchev–Trinajstić information content (AvgIpc) is 3.04. The number of imidazole rings is 1. The third-order valence-electron chi connectivity index (χ3n) is 3.38. The highest BCUT2D eigenvalue weighted by atomic mass is 16.5. The number of methoxy groups -OCH3 is 1. The van der Waals surface area contributed by atoms with E-state index >= 15 is 0 Å². The van der Waals surface area contributed by atoms with Crippen molar-refractivity contribution < 1.29 is 9.53 Å². The van der Waals surface area contributed by atoms with E-state index in [4.69, 9.17) is 4.74 Å². The third kappa shape index (κ3) is 1.86. The summed E-state index contributed by atoms with van der Waals surface area (Å²) >= 11 is 0. The van der Waals surface area contributed by atoms with E-state index < -0.39 is 0 Å². The van der Waals surface area contributed by atoms with Crippen molar-refractivity contribution in [3.8, 4) is 0 Å². The highest BCUT2D eigenvalue weighted by molar-refractivity contribution is 5.90. The molecular weight excluding hydrogens is 230 g/mol. The molecule has 3 rings (SSSR count). The summed E-state index contributed by atoms with van der Waals surface area (Å²) in [4.78, 5) is 16.0. The quantitative estimate of drug-likeness (QED) is 0.808. The first-order valence-corrected chi connectivity index (χ1v) is 6.05. The van der Waals surface area contributed by atoms with Gasteiger partial charge in [-0.3, -0.25) is 0 Å². The number of ether oxygens (including phenoxy) is 1. The zero-order valence-corrected chi connectivity index (χ0v) is 10.2. The average molecular weight is 245 g/mol. The van der Waals surface area contributed by atoms with E-state index in [0.29, 0.717) is 11.5 Å². The number of nitrogens with one attached hydrogen (secondary N) is 1. The fourth-order valence-electron chi connectivity index (χ4n) is 2.35. The number of carbonyl (C=O) groups excluding carboxylic acids is 1. The van der Waals surface area contributed by atoms with Crippen LogP contribution in [0.2, 0.25) is 0 Å². The number of hydrogen-bond acceptors (Lipinski definition) is 4. The monoisotopic (exact) mass is 245 g/mol. The lowest BCUT2D eigenvalue weighted by atomic mass is 10.1. The van der Waals surface area contributed by atoms with E-state index in [2.05, 4.69) is 10.3 Å². The first kappa shape index (κ1) is 11.2. The molecule has 0 radical (unpaired) electrons. The predicted molar refractivity (Wildman–Crippen MR) is 66.8 cm³/mol. The molecule has 0 aliphatic carbocycles. The molecule has 0 bridgehead atoms. The molecule has 3 heterocycles. The van der Waals surface area contributed by atoms with Crippen LogP contribution in [0.4, 0.5) is 0 Å². The van der Waals surface area contributed by atoms with Crippen LogP contribution in [0.25, 0.3) is 5.65 Å². The number of carbonyl (C=O) groups is 1. The summed E-state index contributed by atoms with van der Waals surface area (Å²) in [5.41, 5.74) is 2.41. The van der Waals surface area contributed by atoms with Gasteiger partial charge in [0.05, 0.1) is 18.4 Å². The topological polar surface area (TPSA) is 55.6 Å². The van der Waals surface area contributed by atoms with Crippen molar-refractivity contribution >= 4 is 11.6 Å². The van der Waals surface area contributed by atoms with E-state index in [0.717, 1.165) is 30.9 Å². The van der Waals surface area contributed by atoms with Gasteiger partial charge in [-0.25, -0.2) is 9.78 Å². The molecule has 1 fully saturated rings. The van der Waals surface area contributed by atoms with Crippen LogP contribution < -0.4 is 5.32 Å². The van der Waals surface area contributed by atoms with Crippen molar-refractivity contribution in [3.63, 3.8) is 0 Å². The summed E-state index contributed by atoms with van der Waals surface area (Å²) in [6.45, 7) is 2.03. The molecule has 5 nitrogen and oxygen atoms in total. The van der Waals surface area contributed by atoms with Crippen LogP contribution in [-0.2, 0) is 4.74 Å². The number of pyridine rings is 1. The molecule has 5 heteroatoms. The van der Waals surface area contributed by atoms with E-state index in [9.17, 15) is 4.79 Å². The molecule has 0 amide bonds. The van der Waals surface area contributed by atoms with Gasteiger partial charge >= 0.3 is 5.97 Å². The molecular formula is C13H15N3O2. The summed E-state index contributed by atoms with van der Waals surface area (Å²) in [5.74, 6) is 0.149. The summed E-state index contributed by atoms with van der Waals surface area (Å²) in [5, 5.41) is 3.33. The third-order valence-corrected chi connectivity index (χ3v) is 3.38. The molecule has 0 spiro atoms. The Morgan fingerprint density at radius 3 is 3.22 bits per heavy atom. The maximum Gasteiger partial charge on any atom is 0.338 e. The first-order valence-electron chi connectivity index (χ1n) is 6.05. The minimum absolute atomic E-state index is 0.329. The van der Waals surface area contributed by atoms with Gasteiger partial charge < -0.3 is 14.5 Å². The smallest absolute Gasteiger partial charge is 0.338 e. The molecule has 1 atom stereocenters. The number of fused-ring (bicyclic) bond motifs is 1. The summed E-state index contributed by atoms with van der Waals surface area (Å²) in [6.07, 6.45) is 5.00. The van der Waals surface area contributed by atoms with E-state index in [1.54, 1.807) is 12.1 Å². The van der Waals surface area contributed by atoms with Crippen LogP contribution in [0, 0.1) is 0 Å². The van der Waals surface area contributed by atoms with Crippen molar-refractivity contribution in [3.05, 3.63) is 35.8 Å². The van der Waals surface area contributed by atoms with E-state index in [-0.39, 0.29) is 5.97 Å². The van der Waals surface area contributed by atoms with Gasteiger partial charge in [0.1, 0.15) is 5.65 Å². The lowest BCUT2D eigenvalue weighted by Gasteiger charge is -2.01. The van der Waals surface area contributed by atoms with Gasteiger partial charge in [0, 0.05) is 24.9 Å². The number of aromatic nitrogens is 2. The largest absolute Gasteiger partial charge is 0.465 e. The Morgan fingerprint density at radius 1 is 1.61 bits per heavy atom. The van der Waals surface area contributed by atoms with Gasteiger partial charge in [-0.1, -0.05) is 0 Å². The van der Waals surface area contributed by atoms with Gasteiger partial charge in [-0.15, -0.1) is 0 Å². The zero-order chi connectivity index (χ0) is 12.5. The van der Waals surface area contributed by atoms with Crippen LogP contribution in [0.3, 0.4) is 0 Å².